The lowest BCUT2D eigenvalue weighted by Crippen LogP contribution is -1.94. The third kappa shape index (κ3) is 2.58. The first-order valence-electron chi connectivity index (χ1n) is 4.95. The molecule has 4 heteroatoms. The minimum atomic E-state index is -0.207. The molecule has 84 valence electrons. The Balaban J connectivity index is 2.02. The number of halogens is 1. The van der Waals surface area contributed by atoms with E-state index in [1.807, 2.05) is 6.92 Å². The summed E-state index contributed by atoms with van der Waals surface area (Å²) in [5.41, 5.74) is 0.595. The number of hydrogen-bond acceptors (Lipinski definition) is 3. The molecular weight excluding hydrogens is 225 g/mol. The molecule has 0 N–H and O–H groups in total. The smallest absolute Gasteiger partial charge is 0.126 e. The maximum absolute atomic E-state index is 13.0. The lowest BCUT2D eigenvalue weighted by Gasteiger charge is -2.05. The van der Waals surface area contributed by atoms with Gasteiger partial charge in [-0.25, -0.2) is 9.37 Å². The van der Waals surface area contributed by atoms with Gasteiger partial charge in [0.1, 0.15) is 18.2 Å². The number of thiazole rings is 1. The molecule has 0 bridgehead atoms. The van der Waals surface area contributed by atoms with Crippen LogP contribution in [0.5, 0.6) is 5.75 Å². The fourth-order valence-electron chi connectivity index (χ4n) is 1.33. The van der Waals surface area contributed by atoms with Crippen LogP contribution in [0.15, 0.2) is 24.4 Å². The first-order valence-corrected chi connectivity index (χ1v) is 5.77. The van der Waals surface area contributed by atoms with E-state index >= 15 is 0 Å². The summed E-state index contributed by atoms with van der Waals surface area (Å²) in [5.74, 6) is 0.478. The average Bonchev–Trinajstić information content (AvgIpc) is 2.66. The van der Waals surface area contributed by atoms with Crippen LogP contribution in [0, 0.1) is 19.7 Å². The van der Waals surface area contributed by atoms with Gasteiger partial charge in [-0.05, 0) is 37.6 Å². The van der Waals surface area contributed by atoms with E-state index in [2.05, 4.69) is 4.98 Å². The van der Waals surface area contributed by atoms with E-state index in [1.165, 1.54) is 6.07 Å². The summed E-state index contributed by atoms with van der Waals surface area (Å²) >= 11 is 1.60. The van der Waals surface area contributed by atoms with E-state index in [0.29, 0.717) is 17.9 Å². The number of rotatable bonds is 3. The average molecular weight is 237 g/mol. The molecule has 1 heterocycles. The third-order valence-corrected chi connectivity index (χ3v) is 3.07. The topological polar surface area (TPSA) is 22.1 Å². The molecule has 0 aliphatic heterocycles. The van der Waals surface area contributed by atoms with Crippen molar-refractivity contribution in [2.75, 3.05) is 0 Å². The molecule has 0 aliphatic rings. The molecule has 2 nitrogen and oxygen atoms in total. The molecule has 0 aliphatic carbocycles. The van der Waals surface area contributed by atoms with Gasteiger partial charge in [-0.2, -0.15) is 0 Å². The summed E-state index contributed by atoms with van der Waals surface area (Å²) in [5, 5.41) is 1.02. The molecular formula is C12H12FNOS. The van der Waals surface area contributed by atoms with Gasteiger partial charge in [0.15, 0.2) is 0 Å². The Kier molecular flexibility index (Phi) is 3.19. The maximum atomic E-state index is 13.0. The van der Waals surface area contributed by atoms with E-state index in [0.717, 1.165) is 9.88 Å². The fraction of sp³-hybridized carbons (Fsp3) is 0.250. The summed E-state index contributed by atoms with van der Waals surface area (Å²) in [6.07, 6.45) is 1.80. The number of benzene rings is 1. The van der Waals surface area contributed by atoms with Gasteiger partial charge in [0.25, 0.3) is 0 Å². The van der Waals surface area contributed by atoms with Gasteiger partial charge in [0.05, 0.1) is 9.88 Å². The number of nitrogens with zero attached hydrogens (tertiary/aromatic N) is 1. The van der Waals surface area contributed by atoms with E-state index in [9.17, 15) is 4.39 Å². The zero-order valence-electron chi connectivity index (χ0n) is 9.16. The van der Waals surface area contributed by atoms with Crippen molar-refractivity contribution in [3.63, 3.8) is 0 Å². The second-order valence-corrected chi connectivity index (χ2v) is 4.86. The highest BCUT2D eigenvalue weighted by Crippen LogP contribution is 2.19. The van der Waals surface area contributed by atoms with Crippen LogP contribution in [0.4, 0.5) is 4.39 Å². The van der Waals surface area contributed by atoms with Crippen molar-refractivity contribution in [1.29, 1.82) is 0 Å². The minimum absolute atomic E-state index is 0.207. The highest BCUT2D eigenvalue weighted by Gasteiger charge is 2.02. The van der Waals surface area contributed by atoms with Crippen molar-refractivity contribution in [2.24, 2.45) is 0 Å². The summed E-state index contributed by atoms with van der Waals surface area (Å²) < 4.78 is 18.5. The van der Waals surface area contributed by atoms with Gasteiger partial charge in [-0.3, -0.25) is 0 Å². The van der Waals surface area contributed by atoms with Crippen LogP contribution < -0.4 is 4.74 Å². The second-order valence-electron chi connectivity index (χ2n) is 3.55. The molecule has 16 heavy (non-hydrogen) atoms. The highest BCUT2D eigenvalue weighted by molar-refractivity contribution is 7.11. The number of aryl methyl sites for hydroxylation is 2. The molecule has 0 atom stereocenters. The zero-order chi connectivity index (χ0) is 11.5. The first-order chi connectivity index (χ1) is 7.65. The van der Waals surface area contributed by atoms with Crippen LogP contribution in [0.1, 0.15) is 15.4 Å². The molecule has 2 aromatic rings. The Morgan fingerprint density at radius 1 is 1.38 bits per heavy atom. The SMILES string of the molecule is Cc1ncc(COc2ccc(F)c(C)c2)s1. The van der Waals surface area contributed by atoms with Crippen LogP contribution in [-0.4, -0.2) is 4.98 Å². The van der Waals surface area contributed by atoms with Crippen LogP contribution in [0.25, 0.3) is 0 Å². The van der Waals surface area contributed by atoms with Gasteiger partial charge in [0, 0.05) is 6.20 Å². The Morgan fingerprint density at radius 3 is 2.81 bits per heavy atom. The summed E-state index contributed by atoms with van der Waals surface area (Å²) in [4.78, 5) is 5.21. The Hall–Kier alpha value is -1.42. The summed E-state index contributed by atoms with van der Waals surface area (Å²) in [6, 6.07) is 4.75. The van der Waals surface area contributed by atoms with Gasteiger partial charge < -0.3 is 4.74 Å². The van der Waals surface area contributed by atoms with Crippen LogP contribution in [-0.2, 0) is 6.61 Å². The van der Waals surface area contributed by atoms with Crippen molar-refractivity contribution in [2.45, 2.75) is 20.5 Å². The molecule has 0 fully saturated rings. The monoisotopic (exact) mass is 237 g/mol. The van der Waals surface area contributed by atoms with Gasteiger partial charge in [0.2, 0.25) is 0 Å². The molecule has 1 aromatic heterocycles. The Labute approximate surface area is 97.7 Å². The molecule has 0 saturated heterocycles. The summed E-state index contributed by atoms with van der Waals surface area (Å²) in [6.45, 7) is 4.16. The van der Waals surface area contributed by atoms with Crippen LogP contribution in [0.3, 0.4) is 0 Å². The normalized spacial score (nSPS) is 10.4. The van der Waals surface area contributed by atoms with Gasteiger partial charge in [-0.15, -0.1) is 11.3 Å². The van der Waals surface area contributed by atoms with Crippen molar-refractivity contribution in [3.05, 3.63) is 45.7 Å². The Morgan fingerprint density at radius 2 is 2.19 bits per heavy atom. The van der Waals surface area contributed by atoms with Crippen LogP contribution in [0.2, 0.25) is 0 Å². The molecule has 0 saturated carbocycles. The van der Waals surface area contributed by atoms with Crippen molar-refractivity contribution >= 4 is 11.3 Å². The fourth-order valence-corrected chi connectivity index (χ4v) is 2.04. The van der Waals surface area contributed by atoms with Crippen molar-refractivity contribution in [3.8, 4) is 5.75 Å². The molecule has 0 amide bonds. The zero-order valence-corrected chi connectivity index (χ0v) is 9.97. The standard InChI is InChI=1S/C12H12FNOS/c1-8-5-10(3-4-12(8)13)15-7-11-6-14-9(2)16-11/h3-6H,7H2,1-2H3. The van der Waals surface area contributed by atoms with Crippen molar-refractivity contribution in [1.82, 2.24) is 4.98 Å². The van der Waals surface area contributed by atoms with E-state index < -0.39 is 0 Å². The maximum Gasteiger partial charge on any atom is 0.126 e. The van der Waals surface area contributed by atoms with Crippen molar-refractivity contribution < 1.29 is 9.13 Å². The van der Waals surface area contributed by atoms with E-state index in [-0.39, 0.29) is 5.82 Å². The molecule has 0 radical (unpaired) electrons. The lowest BCUT2D eigenvalue weighted by molar-refractivity contribution is 0.309. The largest absolute Gasteiger partial charge is 0.488 e. The quantitative estimate of drug-likeness (QED) is 0.815. The van der Waals surface area contributed by atoms with Gasteiger partial charge >= 0.3 is 0 Å². The lowest BCUT2D eigenvalue weighted by atomic mass is 10.2. The van der Waals surface area contributed by atoms with E-state index in [1.54, 1.807) is 36.6 Å². The second kappa shape index (κ2) is 4.61. The third-order valence-electron chi connectivity index (χ3n) is 2.18. The number of hydrogen-bond donors (Lipinski definition) is 0. The summed E-state index contributed by atoms with van der Waals surface area (Å²) in [7, 11) is 0. The molecule has 0 spiro atoms. The van der Waals surface area contributed by atoms with E-state index in [4.69, 9.17) is 4.74 Å². The highest BCUT2D eigenvalue weighted by atomic mass is 32.1. The molecule has 0 unspecified atom stereocenters. The molecule has 2 rings (SSSR count). The first kappa shape index (κ1) is 11.1. The number of aromatic nitrogens is 1. The number of ether oxygens (including phenoxy) is 1. The predicted octanol–water partition coefficient (Wildman–Crippen LogP) is 3.48. The Bertz CT molecular complexity index is 496. The van der Waals surface area contributed by atoms with Gasteiger partial charge in [-0.1, -0.05) is 0 Å². The molecule has 1 aromatic carbocycles. The minimum Gasteiger partial charge on any atom is -0.488 e. The predicted molar refractivity (Wildman–Crippen MR) is 62.3 cm³/mol. The van der Waals surface area contributed by atoms with Crippen LogP contribution >= 0.6 is 11.3 Å².